The lowest BCUT2D eigenvalue weighted by atomic mass is 10.1. The first-order valence-corrected chi connectivity index (χ1v) is 15.4. The number of fused-ring (bicyclic) bond motifs is 1. The number of ether oxygens (including phenoxy) is 1. The topological polar surface area (TPSA) is 104 Å². The minimum Gasteiger partial charge on any atom is -0.444 e. The summed E-state index contributed by atoms with van der Waals surface area (Å²) < 4.78 is 5.25. The summed E-state index contributed by atoms with van der Waals surface area (Å²) in [6.07, 6.45) is 10.6. The summed E-state index contributed by atoms with van der Waals surface area (Å²) in [4.78, 5) is 28.7. The summed E-state index contributed by atoms with van der Waals surface area (Å²) in [6.45, 7) is 11.2. The van der Waals surface area contributed by atoms with E-state index in [-0.39, 0.29) is 12.0 Å². The van der Waals surface area contributed by atoms with Crippen molar-refractivity contribution in [3.05, 3.63) is 60.3 Å². The molecule has 0 saturated carbocycles. The fourth-order valence-electron chi connectivity index (χ4n) is 4.46. The van der Waals surface area contributed by atoms with E-state index in [2.05, 4.69) is 32.3 Å². The van der Waals surface area contributed by atoms with E-state index in [4.69, 9.17) is 4.74 Å². The van der Waals surface area contributed by atoms with Gasteiger partial charge in [0.05, 0.1) is 16.8 Å². The monoisotopic (exact) mass is 577 g/mol. The summed E-state index contributed by atoms with van der Waals surface area (Å²) in [7, 11) is 1.63. The van der Waals surface area contributed by atoms with Gasteiger partial charge in [0.2, 0.25) is 0 Å². The number of hydrogen-bond donors (Lipinski definition) is 4. The quantitative estimate of drug-likeness (QED) is 0.135. The second-order valence-corrected chi connectivity index (χ2v) is 11.0. The zero-order chi connectivity index (χ0) is 30.8. The molecule has 42 heavy (non-hydrogen) atoms. The van der Waals surface area contributed by atoms with E-state index >= 15 is 0 Å². The van der Waals surface area contributed by atoms with Crippen LogP contribution in [0.15, 0.2) is 54.7 Å². The Kier molecular flexibility index (Phi) is 15.2. The third-order valence-electron chi connectivity index (χ3n) is 6.48. The minimum absolute atomic E-state index is 0.177. The molecule has 8 nitrogen and oxygen atoms in total. The maximum atomic E-state index is 12.6. The van der Waals surface area contributed by atoms with Gasteiger partial charge in [-0.15, -0.1) is 0 Å². The maximum absolute atomic E-state index is 12.6. The van der Waals surface area contributed by atoms with Crippen LogP contribution < -0.4 is 21.3 Å². The van der Waals surface area contributed by atoms with Gasteiger partial charge in [0, 0.05) is 43.1 Å². The van der Waals surface area contributed by atoms with Crippen molar-refractivity contribution in [2.75, 3.05) is 30.8 Å². The van der Waals surface area contributed by atoms with E-state index < -0.39 is 5.60 Å². The van der Waals surface area contributed by atoms with Crippen molar-refractivity contribution >= 4 is 40.0 Å². The molecule has 0 radical (unpaired) electrons. The van der Waals surface area contributed by atoms with Gasteiger partial charge in [0.15, 0.2) is 0 Å². The molecule has 230 valence electrons. The predicted octanol–water partition coefficient (Wildman–Crippen LogP) is 8.42. The van der Waals surface area contributed by atoms with Crippen molar-refractivity contribution in [2.45, 2.75) is 91.6 Å². The first-order chi connectivity index (χ1) is 20.3. The van der Waals surface area contributed by atoms with Crippen LogP contribution in [0.2, 0.25) is 0 Å². The van der Waals surface area contributed by atoms with Crippen LogP contribution in [0.4, 0.5) is 21.9 Å². The number of aromatic nitrogens is 1. The Bertz CT molecular complexity index is 1230. The highest BCUT2D eigenvalue weighted by Crippen LogP contribution is 2.31. The standard InChI is InChI=1S/C32H45N5O3.C2H6/c1-32(2,3)40-31(39)35-21-15-10-8-6-5-7-9-14-20-34-25-18-19-28-26(22-25)29(27(23-36-28)30(38)33-4)37-24-16-12-11-13-17-24;1-2/h11-13,16-19,22-23,34H,5-10,14-15,20-21H2,1-4H3,(H,33,38)(H,35,39)(H,36,37);1-2H3. The van der Waals surface area contributed by atoms with Gasteiger partial charge >= 0.3 is 6.09 Å². The number of alkyl carbamates (subject to hydrolysis) is 1. The van der Waals surface area contributed by atoms with E-state index in [1.165, 1.54) is 32.1 Å². The minimum atomic E-state index is -0.450. The van der Waals surface area contributed by atoms with Crippen molar-refractivity contribution in [3.63, 3.8) is 0 Å². The third kappa shape index (κ3) is 12.4. The third-order valence-corrected chi connectivity index (χ3v) is 6.48. The second-order valence-electron chi connectivity index (χ2n) is 11.0. The molecule has 0 aliphatic heterocycles. The molecular formula is C34H51N5O3. The molecule has 8 heteroatoms. The van der Waals surface area contributed by atoms with Crippen LogP contribution >= 0.6 is 0 Å². The van der Waals surface area contributed by atoms with Gasteiger partial charge in [-0.2, -0.15) is 0 Å². The van der Waals surface area contributed by atoms with Crippen LogP contribution in [-0.2, 0) is 4.74 Å². The zero-order valence-electron chi connectivity index (χ0n) is 26.4. The normalized spacial score (nSPS) is 10.8. The lowest BCUT2D eigenvalue weighted by molar-refractivity contribution is 0.0526. The van der Waals surface area contributed by atoms with Gasteiger partial charge in [0.25, 0.3) is 5.91 Å². The first kappa shape index (κ1) is 34.4. The van der Waals surface area contributed by atoms with E-state index in [9.17, 15) is 9.59 Å². The highest BCUT2D eigenvalue weighted by atomic mass is 16.6. The Morgan fingerprint density at radius 2 is 1.43 bits per heavy atom. The van der Waals surface area contributed by atoms with Gasteiger partial charge in [-0.05, 0) is 63.9 Å². The molecule has 0 spiro atoms. The number of nitrogens with zero attached hydrogens (tertiary/aromatic N) is 1. The van der Waals surface area contributed by atoms with Crippen LogP contribution in [0, 0.1) is 0 Å². The number of benzene rings is 2. The number of unbranched alkanes of at least 4 members (excludes halogenated alkanes) is 7. The van der Waals surface area contributed by atoms with E-state index in [0.717, 1.165) is 53.8 Å². The van der Waals surface area contributed by atoms with Gasteiger partial charge in [-0.25, -0.2) is 4.79 Å². The average Bonchev–Trinajstić information content (AvgIpc) is 2.98. The maximum Gasteiger partial charge on any atom is 0.407 e. The number of nitrogens with one attached hydrogen (secondary N) is 4. The highest BCUT2D eigenvalue weighted by molar-refractivity contribution is 6.08. The van der Waals surface area contributed by atoms with Gasteiger partial charge in [-0.1, -0.05) is 70.6 Å². The molecule has 0 saturated heterocycles. The number of para-hydroxylation sites is 1. The molecule has 3 rings (SSSR count). The molecule has 2 amide bonds. The summed E-state index contributed by atoms with van der Waals surface area (Å²) >= 11 is 0. The summed E-state index contributed by atoms with van der Waals surface area (Å²) in [5.41, 5.74) is 3.57. The molecule has 0 fully saturated rings. The Morgan fingerprint density at radius 1 is 0.810 bits per heavy atom. The number of amides is 2. The average molecular weight is 578 g/mol. The molecule has 1 aromatic heterocycles. The fraction of sp³-hybridized carbons (Fsp3) is 0.500. The first-order valence-electron chi connectivity index (χ1n) is 15.4. The molecule has 0 unspecified atom stereocenters. The van der Waals surface area contributed by atoms with E-state index in [0.29, 0.717) is 12.1 Å². The van der Waals surface area contributed by atoms with Crippen molar-refractivity contribution in [1.82, 2.24) is 15.6 Å². The zero-order valence-corrected chi connectivity index (χ0v) is 26.4. The molecule has 2 aromatic carbocycles. The Labute approximate surface area is 252 Å². The van der Waals surface area contributed by atoms with Crippen molar-refractivity contribution in [1.29, 1.82) is 0 Å². The van der Waals surface area contributed by atoms with Crippen LogP contribution in [0.3, 0.4) is 0 Å². The Balaban J connectivity index is 0.00000301. The molecule has 1 heterocycles. The van der Waals surface area contributed by atoms with Crippen LogP contribution in [0.1, 0.15) is 96.3 Å². The lowest BCUT2D eigenvalue weighted by Crippen LogP contribution is -2.32. The number of pyridine rings is 1. The molecule has 0 aliphatic rings. The number of rotatable bonds is 15. The summed E-state index contributed by atoms with van der Waals surface area (Å²) in [6, 6.07) is 15.9. The molecular weight excluding hydrogens is 526 g/mol. The number of anilines is 3. The van der Waals surface area contributed by atoms with Crippen molar-refractivity contribution in [2.24, 2.45) is 0 Å². The SMILES string of the molecule is CC.CNC(=O)c1cnc2ccc(NCCCCCCCCCCNC(=O)OC(C)(C)C)cc2c1Nc1ccccc1. The predicted molar refractivity (Wildman–Crippen MR) is 176 cm³/mol. The van der Waals surface area contributed by atoms with Crippen LogP contribution in [0.5, 0.6) is 0 Å². The van der Waals surface area contributed by atoms with Crippen LogP contribution in [-0.4, -0.2) is 42.7 Å². The number of hydrogen-bond acceptors (Lipinski definition) is 6. The summed E-state index contributed by atoms with van der Waals surface area (Å²) in [5.74, 6) is -0.177. The lowest BCUT2D eigenvalue weighted by Gasteiger charge is -2.19. The van der Waals surface area contributed by atoms with Gasteiger partial charge in [-0.3, -0.25) is 9.78 Å². The largest absolute Gasteiger partial charge is 0.444 e. The van der Waals surface area contributed by atoms with E-state index in [1.54, 1.807) is 13.2 Å². The molecule has 3 aromatic rings. The Morgan fingerprint density at radius 3 is 2.05 bits per heavy atom. The molecule has 4 N–H and O–H groups in total. The summed E-state index contributed by atoms with van der Waals surface area (Å²) in [5, 5.41) is 13.4. The van der Waals surface area contributed by atoms with Gasteiger partial charge in [0.1, 0.15) is 5.60 Å². The highest BCUT2D eigenvalue weighted by Gasteiger charge is 2.16. The number of carbonyl (C=O) groups is 2. The molecule has 0 atom stereocenters. The molecule has 0 bridgehead atoms. The molecule has 0 aliphatic carbocycles. The van der Waals surface area contributed by atoms with E-state index in [1.807, 2.05) is 77.1 Å². The van der Waals surface area contributed by atoms with Gasteiger partial charge < -0.3 is 26.0 Å². The second kappa shape index (κ2) is 18.6. The van der Waals surface area contributed by atoms with Crippen molar-refractivity contribution in [3.8, 4) is 0 Å². The van der Waals surface area contributed by atoms with Crippen molar-refractivity contribution < 1.29 is 14.3 Å². The fourth-order valence-corrected chi connectivity index (χ4v) is 4.46. The number of carbonyl (C=O) groups excluding carboxylic acids is 2. The Hall–Kier alpha value is -3.81. The van der Waals surface area contributed by atoms with Crippen LogP contribution in [0.25, 0.3) is 10.9 Å². The smallest absolute Gasteiger partial charge is 0.407 e.